The lowest BCUT2D eigenvalue weighted by atomic mass is 10.2. The second kappa shape index (κ2) is 10.2. The summed E-state index contributed by atoms with van der Waals surface area (Å²) in [6.45, 7) is 7.32. The number of nitrogens with zero attached hydrogens (tertiary/aromatic N) is 3. The molecule has 3 amide bonds. The second-order valence-corrected chi connectivity index (χ2v) is 9.85. The first-order chi connectivity index (χ1) is 15.4. The Morgan fingerprint density at radius 3 is 2.48 bits per heavy atom. The summed E-state index contributed by atoms with van der Waals surface area (Å²) in [6, 6.07) is 4.50. The summed E-state index contributed by atoms with van der Waals surface area (Å²) in [5.74, 6) is -1.08. The number of carbonyl (C=O) groups is 3. The van der Waals surface area contributed by atoms with Crippen molar-refractivity contribution in [2.75, 3.05) is 49.1 Å². The van der Waals surface area contributed by atoms with Crippen molar-refractivity contribution in [2.24, 2.45) is 0 Å². The molecule has 0 saturated carbocycles. The number of hydrogen-bond donors (Lipinski definition) is 1. The number of alkyl halides is 2. The molecule has 2 fully saturated rings. The van der Waals surface area contributed by atoms with E-state index in [-0.39, 0.29) is 19.2 Å². The van der Waals surface area contributed by atoms with E-state index in [4.69, 9.17) is 32.7 Å². The van der Waals surface area contributed by atoms with E-state index >= 15 is 0 Å². The van der Waals surface area contributed by atoms with Gasteiger partial charge in [-0.05, 0) is 39.0 Å². The first kappa shape index (κ1) is 25.2. The molecule has 2 heterocycles. The molecule has 1 aromatic carbocycles. The maximum atomic E-state index is 14.9. The minimum absolute atomic E-state index is 0.0412. The summed E-state index contributed by atoms with van der Waals surface area (Å²) in [6.07, 6.45) is -1.64. The molecular formula is C21H27Cl2FN4O5. The first-order valence-corrected chi connectivity index (χ1v) is 11.4. The highest BCUT2D eigenvalue weighted by atomic mass is 35.5. The average Bonchev–Trinajstić information content (AvgIpc) is 3.11. The molecule has 0 aliphatic carbocycles. The Hall–Kier alpha value is -2.46. The van der Waals surface area contributed by atoms with Crippen LogP contribution in [0.15, 0.2) is 18.2 Å². The minimum atomic E-state index is -1.22. The molecular weight excluding hydrogens is 478 g/mol. The fourth-order valence-electron chi connectivity index (χ4n) is 3.51. The van der Waals surface area contributed by atoms with E-state index in [1.807, 2.05) is 25.7 Å². The average molecular weight is 505 g/mol. The summed E-state index contributed by atoms with van der Waals surface area (Å²) in [7, 11) is 0. The third-order valence-electron chi connectivity index (χ3n) is 5.09. The van der Waals surface area contributed by atoms with Crippen LogP contribution in [0.4, 0.5) is 25.4 Å². The number of anilines is 2. The number of amides is 3. The van der Waals surface area contributed by atoms with Crippen LogP contribution in [-0.2, 0) is 14.3 Å². The third kappa shape index (κ3) is 6.54. The molecule has 33 heavy (non-hydrogen) atoms. The Kier molecular flexibility index (Phi) is 7.79. The van der Waals surface area contributed by atoms with Crippen molar-refractivity contribution < 1.29 is 28.2 Å². The molecule has 1 unspecified atom stereocenters. The molecule has 2 aliphatic rings. The van der Waals surface area contributed by atoms with Crippen LogP contribution in [0.5, 0.6) is 0 Å². The van der Waals surface area contributed by atoms with Crippen LogP contribution >= 0.6 is 23.2 Å². The van der Waals surface area contributed by atoms with Crippen molar-refractivity contribution in [1.82, 2.24) is 10.2 Å². The molecule has 9 nitrogen and oxygen atoms in total. The summed E-state index contributed by atoms with van der Waals surface area (Å²) < 4.78 is 25.5. The number of cyclic esters (lactones) is 1. The lowest BCUT2D eigenvalue weighted by molar-refractivity contribution is -0.119. The van der Waals surface area contributed by atoms with E-state index in [1.54, 1.807) is 17.0 Å². The van der Waals surface area contributed by atoms with Crippen molar-refractivity contribution in [3.63, 3.8) is 0 Å². The molecule has 1 aromatic rings. The van der Waals surface area contributed by atoms with E-state index in [0.717, 1.165) is 0 Å². The van der Waals surface area contributed by atoms with Crippen molar-refractivity contribution in [3.05, 3.63) is 24.0 Å². The Balaban J connectivity index is 1.58. The summed E-state index contributed by atoms with van der Waals surface area (Å²) in [4.78, 5) is 39.4. The maximum absolute atomic E-state index is 14.9. The monoisotopic (exact) mass is 504 g/mol. The van der Waals surface area contributed by atoms with Crippen LogP contribution in [0.1, 0.15) is 20.8 Å². The van der Waals surface area contributed by atoms with Gasteiger partial charge in [-0.1, -0.05) is 23.2 Å². The quantitative estimate of drug-likeness (QED) is 0.619. The van der Waals surface area contributed by atoms with Gasteiger partial charge in [0, 0.05) is 26.2 Å². The standard InChI is InChI=1S/C21H27Cl2FN4O5/c1-21(2,3)33-19(30)27-8-6-26(7-9-27)16-5-4-13(10-15(16)24)28-12-14(32-20(28)31)11-25-18(29)17(22)23/h4-5,10,14,17H,6-9,11-12H2,1-3H3,(H,25,29). The molecule has 1 N–H and O–H groups in total. The Bertz CT molecular complexity index is 903. The number of hydrogen-bond acceptors (Lipinski definition) is 6. The van der Waals surface area contributed by atoms with Gasteiger partial charge in [-0.3, -0.25) is 9.69 Å². The molecule has 2 aliphatic heterocycles. The van der Waals surface area contributed by atoms with Crippen molar-refractivity contribution >= 4 is 52.7 Å². The maximum Gasteiger partial charge on any atom is 0.414 e. The van der Waals surface area contributed by atoms with E-state index < -0.39 is 34.4 Å². The highest BCUT2D eigenvalue weighted by molar-refractivity contribution is 6.53. The van der Waals surface area contributed by atoms with E-state index in [9.17, 15) is 18.8 Å². The fraction of sp³-hybridized carbons (Fsp3) is 0.571. The number of benzene rings is 1. The van der Waals surface area contributed by atoms with Gasteiger partial charge < -0.3 is 24.6 Å². The summed E-state index contributed by atoms with van der Waals surface area (Å²) in [5, 5.41) is 2.48. The normalized spacial score (nSPS) is 19.1. The first-order valence-electron chi connectivity index (χ1n) is 10.5. The minimum Gasteiger partial charge on any atom is -0.444 e. The van der Waals surface area contributed by atoms with Crippen molar-refractivity contribution in [3.8, 4) is 0 Å². The van der Waals surface area contributed by atoms with E-state index in [2.05, 4.69) is 5.32 Å². The van der Waals surface area contributed by atoms with Crippen molar-refractivity contribution in [2.45, 2.75) is 37.3 Å². The lowest BCUT2D eigenvalue weighted by Gasteiger charge is -2.37. The lowest BCUT2D eigenvalue weighted by Crippen LogP contribution is -2.50. The van der Waals surface area contributed by atoms with Crippen molar-refractivity contribution in [1.29, 1.82) is 0 Å². The molecule has 12 heteroatoms. The predicted molar refractivity (Wildman–Crippen MR) is 123 cm³/mol. The number of ether oxygens (including phenoxy) is 2. The van der Waals surface area contributed by atoms with Gasteiger partial charge in [0.15, 0.2) is 4.84 Å². The van der Waals surface area contributed by atoms with Gasteiger partial charge in [0.25, 0.3) is 5.91 Å². The van der Waals surface area contributed by atoms with Gasteiger partial charge in [0.2, 0.25) is 0 Å². The van der Waals surface area contributed by atoms with Gasteiger partial charge in [-0.2, -0.15) is 0 Å². The summed E-state index contributed by atoms with van der Waals surface area (Å²) >= 11 is 11.0. The summed E-state index contributed by atoms with van der Waals surface area (Å²) in [5.41, 5.74) is 0.151. The van der Waals surface area contributed by atoms with Crippen LogP contribution in [-0.4, -0.2) is 78.8 Å². The molecule has 0 spiro atoms. The molecule has 3 rings (SSSR count). The topological polar surface area (TPSA) is 91.4 Å². The van der Waals surface area contributed by atoms with Gasteiger partial charge in [-0.25, -0.2) is 14.0 Å². The van der Waals surface area contributed by atoms with Crippen LogP contribution < -0.4 is 15.1 Å². The van der Waals surface area contributed by atoms with E-state index in [1.165, 1.54) is 11.0 Å². The Morgan fingerprint density at radius 2 is 1.91 bits per heavy atom. The van der Waals surface area contributed by atoms with E-state index in [0.29, 0.717) is 37.6 Å². The zero-order valence-corrected chi connectivity index (χ0v) is 20.2. The van der Waals surface area contributed by atoms with Gasteiger partial charge in [0.1, 0.15) is 17.5 Å². The number of nitrogens with one attached hydrogen (secondary N) is 1. The fourth-order valence-corrected chi connectivity index (χ4v) is 3.66. The van der Waals surface area contributed by atoms with Crippen LogP contribution in [0.25, 0.3) is 0 Å². The third-order valence-corrected chi connectivity index (χ3v) is 5.49. The smallest absolute Gasteiger partial charge is 0.414 e. The molecule has 0 aromatic heterocycles. The Labute approximate surface area is 201 Å². The molecule has 182 valence electrons. The highest BCUT2D eigenvalue weighted by Gasteiger charge is 2.34. The zero-order valence-electron chi connectivity index (χ0n) is 18.6. The SMILES string of the molecule is CC(C)(C)OC(=O)N1CCN(c2ccc(N3CC(CNC(=O)C(Cl)Cl)OC3=O)cc2F)CC1. The van der Waals surface area contributed by atoms with Crippen LogP contribution in [0.2, 0.25) is 0 Å². The molecule has 2 saturated heterocycles. The van der Waals surface area contributed by atoms with Gasteiger partial charge >= 0.3 is 12.2 Å². The van der Waals surface area contributed by atoms with Gasteiger partial charge in [0.05, 0.1) is 24.5 Å². The number of halogens is 3. The highest BCUT2D eigenvalue weighted by Crippen LogP contribution is 2.28. The Morgan fingerprint density at radius 1 is 1.24 bits per heavy atom. The number of rotatable bonds is 5. The molecule has 0 radical (unpaired) electrons. The largest absolute Gasteiger partial charge is 0.444 e. The zero-order chi connectivity index (χ0) is 24.3. The van der Waals surface area contributed by atoms with Crippen LogP contribution in [0.3, 0.4) is 0 Å². The number of carbonyl (C=O) groups excluding carboxylic acids is 3. The predicted octanol–water partition coefficient (Wildman–Crippen LogP) is 3.13. The number of piperazine rings is 1. The second-order valence-electron chi connectivity index (χ2n) is 8.75. The van der Waals surface area contributed by atoms with Gasteiger partial charge in [-0.15, -0.1) is 0 Å². The van der Waals surface area contributed by atoms with Crippen LogP contribution in [0, 0.1) is 5.82 Å². The molecule has 1 atom stereocenters. The molecule has 0 bridgehead atoms.